The van der Waals surface area contributed by atoms with Gasteiger partial charge in [0.25, 0.3) is 0 Å². The van der Waals surface area contributed by atoms with Crippen molar-refractivity contribution in [2.45, 2.75) is 18.9 Å². The van der Waals surface area contributed by atoms with E-state index in [1.165, 1.54) is 0 Å². The van der Waals surface area contributed by atoms with E-state index in [1.54, 1.807) is 4.90 Å². The first-order chi connectivity index (χ1) is 13.2. The van der Waals surface area contributed by atoms with Gasteiger partial charge in [-0.1, -0.05) is 42.5 Å². The Morgan fingerprint density at radius 1 is 1.07 bits per heavy atom. The predicted molar refractivity (Wildman–Crippen MR) is 100 cm³/mol. The van der Waals surface area contributed by atoms with Gasteiger partial charge in [0.2, 0.25) is 0 Å². The van der Waals surface area contributed by atoms with Crippen molar-refractivity contribution in [1.29, 1.82) is 0 Å². The van der Waals surface area contributed by atoms with E-state index in [2.05, 4.69) is 0 Å². The molecule has 0 spiro atoms. The summed E-state index contributed by atoms with van der Waals surface area (Å²) in [4.78, 5) is 22.8. The van der Waals surface area contributed by atoms with Crippen LogP contribution in [0.5, 0.6) is 0 Å². The molecule has 0 amide bonds. The van der Waals surface area contributed by atoms with Crippen LogP contribution in [0, 0.1) is 0 Å². The van der Waals surface area contributed by atoms with Crippen LogP contribution in [0.4, 0.5) is 5.82 Å². The number of carbonyl (C=O) groups is 1. The highest BCUT2D eigenvalue weighted by Gasteiger charge is 2.30. The van der Waals surface area contributed by atoms with Crippen molar-refractivity contribution in [1.82, 2.24) is 9.97 Å². The molecule has 1 saturated heterocycles. The molecular formula is C21H16N3O3-. The number of para-hydroxylation sites is 1. The molecule has 0 N–H and O–H groups in total. The Balaban J connectivity index is 1.81. The zero-order chi connectivity index (χ0) is 18.4. The van der Waals surface area contributed by atoms with Crippen LogP contribution in [-0.4, -0.2) is 28.5 Å². The van der Waals surface area contributed by atoms with Crippen molar-refractivity contribution in [3.63, 3.8) is 0 Å². The number of hydrogen-bond donors (Lipinski definition) is 0. The second-order valence-corrected chi connectivity index (χ2v) is 6.68. The van der Waals surface area contributed by atoms with Gasteiger partial charge >= 0.3 is 0 Å². The quantitative estimate of drug-likeness (QED) is 0.560. The number of nitrogens with zero attached hydrogens (tertiary/aromatic N) is 3. The molecule has 0 saturated carbocycles. The van der Waals surface area contributed by atoms with Gasteiger partial charge in [-0.15, -0.1) is 0 Å². The number of fused-ring (bicyclic) bond motifs is 3. The van der Waals surface area contributed by atoms with E-state index in [9.17, 15) is 9.90 Å². The van der Waals surface area contributed by atoms with Gasteiger partial charge in [-0.3, -0.25) is 0 Å². The fourth-order valence-electron chi connectivity index (χ4n) is 3.75. The van der Waals surface area contributed by atoms with E-state index in [-0.39, 0.29) is 0 Å². The Morgan fingerprint density at radius 2 is 1.85 bits per heavy atom. The summed E-state index contributed by atoms with van der Waals surface area (Å²) in [5, 5.41) is 12.5. The first-order valence-electron chi connectivity index (χ1n) is 8.94. The second kappa shape index (κ2) is 6.09. The van der Waals surface area contributed by atoms with Crippen LogP contribution in [-0.2, 0) is 4.79 Å². The summed E-state index contributed by atoms with van der Waals surface area (Å²) < 4.78 is 6.03. The molecule has 6 heteroatoms. The molecule has 0 radical (unpaired) electrons. The van der Waals surface area contributed by atoms with Gasteiger partial charge in [0, 0.05) is 17.5 Å². The average Bonchev–Trinajstić information content (AvgIpc) is 3.33. The smallest absolute Gasteiger partial charge is 0.196 e. The molecular weight excluding hydrogens is 342 g/mol. The summed E-state index contributed by atoms with van der Waals surface area (Å²) in [5.41, 5.74) is 2.79. The van der Waals surface area contributed by atoms with E-state index in [4.69, 9.17) is 14.4 Å². The lowest BCUT2D eigenvalue weighted by atomic mass is 10.2. The Bertz CT molecular complexity index is 1150. The lowest BCUT2D eigenvalue weighted by molar-refractivity contribution is -0.307. The lowest BCUT2D eigenvalue weighted by Crippen LogP contribution is -2.44. The van der Waals surface area contributed by atoms with Crippen molar-refractivity contribution in [2.24, 2.45) is 0 Å². The van der Waals surface area contributed by atoms with E-state index >= 15 is 0 Å². The third kappa shape index (κ3) is 2.52. The topological polar surface area (TPSA) is 82.3 Å². The molecule has 4 aromatic rings. The molecule has 6 nitrogen and oxygen atoms in total. The van der Waals surface area contributed by atoms with Crippen LogP contribution in [0.15, 0.2) is 59.0 Å². The third-order valence-electron chi connectivity index (χ3n) is 5.03. The molecule has 0 bridgehead atoms. The van der Waals surface area contributed by atoms with Gasteiger partial charge in [0.15, 0.2) is 17.2 Å². The highest BCUT2D eigenvalue weighted by atomic mass is 16.4. The van der Waals surface area contributed by atoms with Gasteiger partial charge in [-0.2, -0.15) is 0 Å². The van der Waals surface area contributed by atoms with Crippen LogP contribution < -0.4 is 10.0 Å². The number of aromatic nitrogens is 2. The van der Waals surface area contributed by atoms with Gasteiger partial charge in [-0.25, -0.2) is 9.97 Å². The highest BCUT2D eigenvalue weighted by molar-refractivity contribution is 6.06. The third-order valence-corrected chi connectivity index (χ3v) is 5.03. The van der Waals surface area contributed by atoms with E-state index < -0.39 is 12.0 Å². The number of benzene rings is 2. The molecule has 27 heavy (non-hydrogen) atoms. The Labute approximate surface area is 155 Å². The number of carboxylic acids is 1. The zero-order valence-corrected chi connectivity index (χ0v) is 14.5. The maximum Gasteiger partial charge on any atom is 0.196 e. The van der Waals surface area contributed by atoms with Crippen LogP contribution in [0.1, 0.15) is 12.8 Å². The van der Waals surface area contributed by atoms with E-state index in [0.717, 1.165) is 17.4 Å². The molecule has 2 aromatic carbocycles. The summed E-state index contributed by atoms with van der Waals surface area (Å²) in [6.45, 7) is 0.593. The molecule has 1 fully saturated rings. The number of carboxylic acid groups (broad SMARTS) is 1. The minimum atomic E-state index is -1.09. The molecule has 1 atom stereocenters. The average molecular weight is 358 g/mol. The van der Waals surface area contributed by atoms with Crippen LogP contribution in [0.25, 0.3) is 33.5 Å². The number of aliphatic carboxylic acids is 1. The van der Waals surface area contributed by atoms with Gasteiger partial charge in [-0.05, 0) is 25.0 Å². The summed E-state index contributed by atoms with van der Waals surface area (Å²) >= 11 is 0. The first-order valence-corrected chi connectivity index (χ1v) is 8.94. The van der Waals surface area contributed by atoms with Gasteiger partial charge < -0.3 is 19.2 Å². The normalized spacial score (nSPS) is 17.0. The molecule has 0 aliphatic carbocycles. The zero-order valence-electron chi connectivity index (χ0n) is 14.5. The molecule has 1 aliphatic heterocycles. The summed E-state index contributed by atoms with van der Waals surface area (Å²) in [6, 6.07) is 16.6. The maximum absolute atomic E-state index is 11.6. The van der Waals surface area contributed by atoms with E-state index in [0.29, 0.717) is 41.3 Å². The lowest BCUT2D eigenvalue weighted by Gasteiger charge is -2.26. The predicted octanol–water partition coefficient (Wildman–Crippen LogP) is 2.76. The van der Waals surface area contributed by atoms with Crippen molar-refractivity contribution in [3.05, 3.63) is 54.6 Å². The Morgan fingerprint density at radius 3 is 2.67 bits per heavy atom. The van der Waals surface area contributed by atoms with Crippen LogP contribution in [0.3, 0.4) is 0 Å². The fourth-order valence-corrected chi connectivity index (χ4v) is 3.75. The second-order valence-electron chi connectivity index (χ2n) is 6.68. The minimum Gasteiger partial charge on any atom is -0.548 e. The van der Waals surface area contributed by atoms with Crippen molar-refractivity contribution >= 4 is 33.9 Å². The van der Waals surface area contributed by atoms with Crippen molar-refractivity contribution < 1.29 is 14.3 Å². The standard InChI is InChI=1S/C21H17N3O3/c25-21(26)15-10-6-12-24(15)20-18-17(14-9-4-5-11-16(14)27-18)22-19(23-20)13-7-2-1-3-8-13/h1-5,7-9,11,15H,6,10,12H2,(H,25,26)/p-1/t15-/m0/s1. The van der Waals surface area contributed by atoms with Gasteiger partial charge in [0.05, 0.1) is 12.0 Å². The SMILES string of the molecule is O=C([O-])[C@@H]1CCCN1c1nc(-c2ccccc2)nc2c1oc1ccccc12. The number of furan rings is 1. The van der Waals surface area contributed by atoms with Crippen molar-refractivity contribution in [3.8, 4) is 11.4 Å². The monoisotopic (exact) mass is 358 g/mol. The van der Waals surface area contributed by atoms with Gasteiger partial charge in [0.1, 0.15) is 11.1 Å². The Kier molecular flexibility index (Phi) is 3.57. The number of carbonyl (C=O) groups excluding carboxylic acids is 1. The molecule has 134 valence electrons. The summed E-state index contributed by atoms with van der Waals surface area (Å²) in [7, 11) is 0. The molecule has 5 rings (SSSR count). The summed E-state index contributed by atoms with van der Waals surface area (Å²) in [6.07, 6.45) is 1.31. The molecule has 0 unspecified atom stereocenters. The number of anilines is 1. The number of hydrogen-bond acceptors (Lipinski definition) is 6. The first kappa shape index (κ1) is 15.8. The fraction of sp³-hybridized carbons (Fsp3) is 0.190. The minimum absolute atomic E-state index is 0.516. The molecule has 1 aliphatic rings. The highest BCUT2D eigenvalue weighted by Crippen LogP contribution is 2.37. The van der Waals surface area contributed by atoms with Crippen LogP contribution in [0.2, 0.25) is 0 Å². The Hall–Kier alpha value is -3.41. The molecule has 3 heterocycles. The van der Waals surface area contributed by atoms with E-state index in [1.807, 2.05) is 54.6 Å². The number of rotatable bonds is 3. The summed E-state index contributed by atoms with van der Waals surface area (Å²) in [5.74, 6) is -0.0213. The maximum atomic E-state index is 11.6. The molecule has 2 aromatic heterocycles. The van der Waals surface area contributed by atoms with Crippen molar-refractivity contribution in [2.75, 3.05) is 11.4 Å². The largest absolute Gasteiger partial charge is 0.548 e. The van der Waals surface area contributed by atoms with Crippen LogP contribution >= 0.6 is 0 Å².